The maximum Gasteiger partial charge on any atom is 0.110 e. The van der Waals surface area contributed by atoms with Gasteiger partial charge in [0.05, 0.1) is 6.26 Å². The number of allylic oxidation sites excluding steroid dienone is 1. The van der Waals surface area contributed by atoms with E-state index in [1.807, 2.05) is 6.26 Å². The van der Waals surface area contributed by atoms with Gasteiger partial charge in [-0.1, -0.05) is 0 Å². The molecule has 0 saturated carbocycles. The SMILES string of the molecule is C#CCCCCNCC1CCC=CO1. The van der Waals surface area contributed by atoms with E-state index in [1.165, 1.54) is 0 Å². The maximum atomic E-state index is 5.43. The molecule has 0 fully saturated rings. The Labute approximate surface area is 86.7 Å². The zero-order chi connectivity index (χ0) is 10.1. The summed E-state index contributed by atoms with van der Waals surface area (Å²) in [6.07, 6.45) is 14.9. The first-order valence-electron chi connectivity index (χ1n) is 5.38. The molecular formula is C12H19NO. The van der Waals surface area contributed by atoms with E-state index in [-0.39, 0.29) is 0 Å². The van der Waals surface area contributed by atoms with E-state index in [0.717, 1.165) is 45.2 Å². The summed E-state index contributed by atoms with van der Waals surface area (Å²) in [6.45, 7) is 2.01. The number of hydrogen-bond acceptors (Lipinski definition) is 2. The third kappa shape index (κ3) is 4.94. The quantitative estimate of drug-likeness (QED) is 0.515. The van der Waals surface area contributed by atoms with Crippen LogP contribution in [-0.4, -0.2) is 19.2 Å². The lowest BCUT2D eigenvalue weighted by Gasteiger charge is -2.19. The van der Waals surface area contributed by atoms with E-state index in [2.05, 4.69) is 17.3 Å². The van der Waals surface area contributed by atoms with Gasteiger partial charge in [-0.15, -0.1) is 12.3 Å². The van der Waals surface area contributed by atoms with Gasteiger partial charge >= 0.3 is 0 Å². The Hall–Kier alpha value is -0.940. The van der Waals surface area contributed by atoms with Gasteiger partial charge in [0.1, 0.15) is 6.10 Å². The fourth-order valence-corrected chi connectivity index (χ4v) is 1.48. The van der Waals surface area contributed by atoms with Crippen LogP contribution in [0.3, 0.4) is 0 Å². The highest BCUT2D eigenvalue weighted by Gasteiger charge is 2.09. The number of nitrogens with one attached hydrogen (secondary N) is 1. The number of terminal acetylenes is 1. The van der Waals surface area contributed by atoms with Crippen LogP contribution < -0.4 is 5.32 Å². The molecule has 0 aromatic heterocycles. The molecule has 1 heterocycles. The minimum Gasteiger partial charge on any atom is -0.497 e. The first-order valence-corrected chi connectivity index (χ1v) is 5.38. The number of hydrogen-bond donors (Lipinski definition) is 1. The van der Waals surface area contributed by atoms with Crippen molar-refractivity contribution in [2.45, 2.75) is 38.2 Å². The Bertz CT molecular complexity index is 205. The predicted molar refractivity (Wildman–Crippen MR) is 58.8 cm³/mol. The predicted octanol–water partition coefficient (Wildman–Crippen LogP) is 2.07. The summed E-state index contributed by atoms with van der Waals surface area (Å²) >= 11 is 0. The highest BCUT2D eigenvalue weighted by Crippen LogP contribution is 2.08. The highest BCUT2D eigenvalue weighted by atomic mass is 16.5. The van der Waals surface area contributed by atoms with Crippen LogP contribution in [0.1, 0.15) is 32.1 Å². The number of unbranched alkanes of at least 4 members (excludes halogenated alkanes) is 2. The third-order valence-electron chi connectivity index (χ3n) is 2.32. The average molecular weight is 193 g/mol. The van der Waals surface area contributed by atoms with Crippen molar-refractivity contribution in [2.75, 3.05) is 13.1 Å². The van der Waals surface area contributed by atoms with Crippen molar-refractivity contribution in [3.8, 4) is 12.3 Å². The molecule has 2 heteroatoms. The molecule has 0 aromatic rings. The van der Waals surface area contributed by atoms with E-state index in [4.69, 9.17) is 11.2 Å². The van der Waals surface area contributed by atoms with E-state index in [0.29, 0.717) is 6.10 Å². The first kappa shape index (κ1) is 11.1. The zero-order valence-corrected chi connectivity index (χ0v) is 8.67. The van der Waals surface area contributed by atoms with E-state index in [9.17, 15) is 0 Å². The third-order valence-corrected chi connectivity index (χ3v) is 2.32. The molecule has 2 nitrogen and oxygen atoms in total. The van der Waals surface area contributed by atoms with Gasteiger partial charge in [-0.3, -0.25) is 0 Å². The van der Waals surface area contributed by atoms with E-state index < -0.39 is 0 Å². The van der Waals surface area contributed by atoms with Crippen LogP contribution in [-0.2, 0) is 4.74 Å². The summed E-state index contributed by atoms with van der Waals surface area (Å²) in [5.41, 5.74) is 0. The molecule has 1 aliphatic heterocycles. The van der Waals surface area contributed by atoms with Gasteiger partial charge < -0.3 is 10.1 Å². The van der Waals surface area contributed by atoms with Crippen molar-refractivity contribution in [1.29, 1.82) is 0 Å². The van der Waals surface area contributed by atoms with Crippen LogP contribution in [0.15, 0.2) is 12.3 Å². The monoisotopic (exact) mass is 193 g/mol. The molecule has 0 radical (unpaired) electrons. The Morgan fingerprint density at radius 3 is 3.14 bits per heavy atom. The van der Waals surface area contributed by atoms with Crippen molar-refractivity contribution in [2.24, 2.45) is 0 Å². The van der Waals surface area contributed by atoms with Crippen LogP contribution in [0.5, 0.6) is 0 Å². The summed E-state index contributed by atoms with van der Waals surface area (Å²) in [5.74, 6) is 2.65. The second-order valence-corrected chi connectivity index (χ2v) is 3.57. The highest BCUT2D eigenvalue weighted by molar-refractivity contribution is 4.84. The largest absolute Gasteiger partial charge is 0.497 e. The first-order chi connectivity index (χ1) is 6.93. The lowest BCUT2D eigenvalue weighted by atomic mass is 10.1. The molecule has 0 amide bonds. The van der Waals surface area contributed by atoms with Crippen molar-refractivity contribution < 1.29 is 4.74 Å². The van der Waals surface area contributed by atoms with Gasteiger partial charge in [-0.05, 0) is 38.3 Å². The van der Waals surface area contributed by atoms with E-state index >= 15 is 0 Å². The standard InChI is InChI=1S/C12H19NO/c1-2-3-4-6-9-13-11-12-8-5-7-10-14-12/h1,7,10,12-13H,3-6,8-9,11H2. The number of rotatable bonds is 6. The zero-order valence-electron chi connectivity index (χ0n) is 8.67. The van der Waals surface area contributed by atoms with E-state index in [1.54, 1.807) is 0 Å². The smallest absolute Gasteiger partial charge is 0.110 e. The lowest BCUT2D eigenvalue weighted by molar-refractivity contribution is 0.122. The van der Waals surface area contributed by atoms with Crippen LogP contribution >= 0.6 is 0 Å². The molecule has 1 atom stereocenters. The molecule has 14 heavy (non-hydrogen) atoms. The van der Waals surface area contributed by atoms with Gasteiger partial charge in [0.15, 0.2) is 0 Å². The Morgan fingerprint density at radius 1 is 1.50 bits per heavy atom. The second-order valence-electron chi connectivity index (χ2n) is 3.57. The molecule has 78 valence electrons. The molecule has 1 unspecified atom stereocenters. The van der Waals surface area contributed by atoms with Crippen LogP contribution in [0.25, 0.3) is 0 Å². The summed E-state index contributed by atoms with van der Waals surface area (Å²) in [6, 6.07) is 0. The summed E-state index contributed by atoms with van der Waals surface area (Å²) in [4.78, 5) is 0. The molecule has 0 aromatic carbocycles. The van der Waals surface area contributed by atoms with Crippen molar-refractivity contribution in [3.63, 3.8) is 0 Å². The van der Waals surface area contributed by atoms with Gasteiger partial charge in [0.2, 0.25) is 0 Å². The fraction of sp³-hybridized carbons (Fsp3) is 0.667. The van der Waals surface area contributed by atoms with Crippen LogP contribution in [0, 0.1) is 12.3 Å². The maximum absolute atomic E-state index is 5.43. The molecule has 0 aliphatic carbocycles. The molecular weight excluding hydrogens is 174 g/mol. The molecule has 1 N–H and O–H groups in total. The molecule has 0 bridgehead atoms. The van der Waals surface area contributed by atoms with Gasteiger partial charge in [0, 0.05) is 13.0 Å². The molecule has 0 spiro atoms. The lowest BCUT2D eigenvalue weighted by Crippen LogP contribution is -2.29. The number of ether oxygens (including phenoxy) is 1. The second kappa shape index (κ2) is 7.46. The molecule has 1 rings (SSSR count). The van der Waals surface area contributed by atoms with Gasteiger partial charge in [-0.2, -0.15) is 0 Å². The Kier molecular flexibility index (Phi) is 5.94. The summed E-state index contributed by atoms with van der Waals surface area (Å²) in [5, 5.41) is 3.39. The normalized spacial score (nSPS) is 20.1. The molecule has 1 aliphatic rings. The van der Waals surface area contributed by atoms with Crippen molar-refractivity contribution in [3.05, 3.63) is 12.3 Å². The summed E-state index contributed by atoms with van der Waals surface area (Å²) < 4.78 is 5.43. The van der Waals surface area contributed by atoms with Crippen LogP contribution in [0.2, 0.25) is 0 Å². The van der Waals surface area contributed by atoms with Crippen LogP contribution in [0.4, 0.5) is 0 Å². The van der Waals surface area contributed by atoms with Crippen molar-refractivity contribution in [1.82, 2.24) is 5.32 Å². The van der Waals surface area contributed by atoms with Gasteiger partial charge in [0.25, 0.3) is 0 Å². The molecule has 0 saturated heterocycles. The minimum absolute atomic E-state index is 0.368. The topological polar surface area (TPSA) is 21.3 Å². The van der Waals surface area contributed by atoms with Gasteiger partial charge in [-0.25, -0.2) is 0 Å². The fourth-order valence-electron chi connectivity index (χ4n) is 1.48. The minimum atomic E-state index is 0.368. The van der Waals surface area contributed by atoms with Crippen molar-refractivity contribution >= 4 is 0 Å². The Balaban J connectivity index is 1.88. The average Bonchev–Trinajstić information content (AvgIpc) is 2.25. The Morgan fingerprint density at radius 2 is 2.43 bits per heavy atom. The summed E-state index contributed by atoms with van der Waals surface area (Å²) in [7, 11) is 0.